The zero-order valence-electron chi connectivity index (χ0n) is 10.4. The highest BCUT2D eigenvalue weighted by atomic mass is 79.9. The Morgan fingerprint density at radius 2 is 2.30 bits per heavy atom. The molecule has 0 aliphatic rings. The molecule has 0 saturated carbocycles. The Kier molecular flexibility index (Phi) is 5.91. The number of nitro groups is 1. The van der Waals surface area contributed by atoms with Crippen molar-refractivity contribution in [2.45, 2.75) is 6.92 Å². The van der Waals surface area contributed by atoms with Crippen molar-refractivity contribution in [1.29, 1.82) is 0 Å². The summed E-state index contributed by atoms with van der Waals surface area (Å²) in [5, 5.41) is 12.8. The van der Waals surface area contributed by atoms with Gasteiger partial charge in [-0.15, -0.1) is 0 Å². The van der Waals surface area contributed by atoms with Crippen LogP contribution in [0.15, 0.2) is 21.0 Å². The highest BCUT2D eigenvalue weighted by Crippen LogP contribution is 2.29. The van der Waals surface area contributed by atoms with Crippen molar-refractivity contribution in [3.63, 3.8) is 0 Å². The Bertz CT molecular complexity index is 551. The van der Waals surface area contributed by atoms with E-state index in [-0.39, 0.29) is 23.4 Å². The van der Waals surface area contributed by atoms with Gasteiger partial charge in [0.25, 0.3) is 0 Å². The molecule has 0 aliphatic heterocycles. The summed E-state index contributed by atoms with van der Waals surface area (Å²) in [7, 11) is 0. The second-order valence-corrected chi connectivity index (χ2v) is 4.27. The first-order valence-electron chi connectivity index (χ1n) is 5.49. The van der Waals surface area contributed by atoms with Crippen molar-refractivity contribution in [1.82, 2.24) is 5.32 Å². The van der Waals surface area contributed by atoms with Crippen LogP contribution in [0.4, 0.5) is 5.88 Å². The van der Waals surface area contributed by atoms with Crippen LogP contribution in [-0.4, -0.2) is 30.0 Å². The van der Waals surface area contributed by atoms with Crippen LogP contribution in [0.25, 0.3) is 6.08 Å². The molecule has 0 fully saturated rings. The van der Waals surface area contributed by atoms with Crippen molar-refractivity contribution in [2.24, 2.45) is 0 Å². The summed E-state index contributed by atoms with van der Waals surface area (Å²) in [5.41, 5.74) is 0. The standard InChI is InChI=1S/C11H11BrN2O6/c1-2-19-10(16)6-13-9(15)4-3-7-5-8(12)11(20-7)14(17)18/h3-5H,2,6H2,1H3,(H,13,15). The smallest absolute Gasteiger partial charge is 0.447 e. The molecule has 108 valence electrons. The van der Waals surface area contributed by atoms with Gasteiger partial charge in [0.15, 0.2) is 0 Å². The fourth-order valence-electron chi connectivity index (χ4n) is 1.17. The van der Waals surface area contributed by atoms with E-state index < -0.39 is 22.7 Å². The molecule has 0 aliphatic carbocycles. The van der Waals surface area contributed by atoms with Gasteiger partial charge in [-0.25, -0.2) is 0 Å². The van der Waals surface area contributed by atoms with E-state index in [4.69, 9.17) is 4.42 Å². The van der Waals surface area contributed by atoms with Gasteiger partial charge in [-0.2, -0.15) is 0 Å². The van der Waals surface area contributed by atoms with Crippen LogP contribution >= 0.6 is 15.9 Å². The number of amides is 1. The van der Waals surface area contributed by atoms with Gasteiger partial charge in [-0.3, -0.25) is 19.7 Å². The lowest BCUT2D eigenvalue weighted by atomic mass is 10.4. The van der Waals surface area contributed by atoms with Crippen molar-refractivity contribution in [2.75, 3.05) is 13.2 Å². The molecular formula is C11H11BrN2O6. The van der Waals surface area contributed by atoms with Gasteiger partial charge >= 0.3 is 11.9 Å². The topological polar surface area (TPSA) is 112 Å². The van der Waals surface area contributed by atoms with Crippen molar-refractivity contribution in [3.8, 4) is 0 Å². The van der Waals surface area contributed by atoms with E-state index in [0.717, 1.165) is 6.08 Å². The second-order valence-electron chi connectivity index (χ2n) is 3.42. The second kappa shape index (κ2) is 7.43. The summed E-state index contributed by atoms with van der Waals surface area (Å²) < 4.78 is 9.68. The third-order valence-corrected chi connectivity index (χ3v) is 2.53. The summed E-state index contributed by atoms with van der Waals surface area (Å²) in [6.45, 7) is 1.63. The fraction of sp³-hybridized carbons (Fsp3) is 0.273. The number of ether oxygens (including phenoxy) is 1. The minimum atomic E-state index is -0.692. The van der Waals surface area contributed by atoms with E-state index >= 15 is 0 Å². The van der Waals surface area contributed by atoms with Gasteiger partial charge in [0, 0.05) is 12.1 Å². The Balaban J connectivity index is 2.55. The number of esters is 1. The van der Waals surface area contributed by atoms with Crippen LogP contribution in [0.3, 0.4) is 0 Å². The number of nitrogens with zero attached hydrogens (tertiary/aromatic N) is 1. The minimum Gasteiger partial charge on any atom is -0.465 e. The van der Waals surface area contributed by atoms with E-state index in [9.17, 15) is 19.7 Å². The zero-order chi connectivity index (χ0) is 15.1. The lowest BCUT2D eigenvalue weighted by Gasteiger charge is -2.01. The number of nitrogens with one attached hydrogen (secondary N) is 1. The molecule has 9 heteroatoms. The lowest BCUT2D eigenvalue weighted by Crippen LogP contribution is -2.29. The van der Waals surface area contributed by atoms with Crippen LogP contribution in [-0.2, 0) is 14.3 Å². The Morgan fingerprint density at radius 1 is 1.60 bits per heavy atom. The molecule has 0 spiro atoms. The minimum absolute atomic E-state index is 0.134. The summed E-state index contributed by atoms with van der Waals surface area (Å²) in [6.07, 6.45) is 2.34. The molecule has 1 heterocycles. The molecule has 0 radical (unpaired) electrons. The number of carbonyl (C=O) groups excluding carboxylic acids is 2. The van der Waals surface area contributed by atoms with E-state index in [1.807, 2.05) is 0 Å². The Labute approximate surface area is 122 Å². The molecule has 1 rings (SSSR count). The van der Waals surface area contributed by atoms with Crippen LogP contribution in [0.2, 0.25) is 0 Å². The normalized spacial score (nSPS) is 10.5. The van der Waals surface area contributed by atoms with Crippen molar-refractivity contribution < 1.29 is 23.7 Å². The van der Waals surface area contributed by atoms with Crippen molar-refractivity contribution >= 4 is 39.8 Å². The van der Waals surface area contributed by atoms with Gasteiger partial charge in [0.2, 0.25) is 5.91 Å². The molecule has 0 unspecified atom stereocenters. The number of halogens is 1. The van der Waals surface area contributed by atoms with Gasteiger partial charge in [0.05, 0.1) is 6.61 Å². The van der Waals surface area contributed by atoms with Gasteiger partial charge < -0.3 is 14.5 Å². The molecule has 0 atom stereocenters. The molecule has 20 heavy (non-hydrogen) atoms. The number of hydrogen-bond donors (Lipinski definition) is 1. The highest BCUT2D eigenvalue weighted by Gasteiger charge is 2.18. The average molecular weight is 347 g/mol. The third kappa shape index (κ3) is 4.84. The number of hydrogen-bond acceptors (Lipinski definition) is 6. The number of furan rings is 1. The largest absolute Gasteiger partial charge is 0.465 e. The van der Waals surface area contributed by atoms with E-state index in [1.165, 1.54) is 12.1 Å². The Hall–Kier alpha value is -2.16. The summed E-state index contributed by atoms with van der Waals surface area (Å²) in [4.78, 5) is 32.2. The quantitative estimate of drug-likeness (QED) is 0.362. The van der Waals surface area contributed by atoms with Gasteiger partial charge in [-0.1, -0.05) is 0 Å². The van der Waals surface area contributed by atoms with Crippen LogP contribution < -0.4 is 5.32 Å². The van der Waals surface area contributed by atoms with Crippen molar-refractivity contribution in [3.05, 3.63) is 32.5 Å². The maximum Gasteiger partial charge on any atom is 0.447 e. The van der Waals surface area contributed by atoms with E-state index in [0.29, 0.717) is 0 Å². The molecule has 0 saturated heterocycles. The molecule has 1 amide bonds. The average Bonchev–Trinajstić information content (AvgIpc) is 2.76. The molecule has 1 aromatic heterocycles. The van der Waals surface area contributed by atoms with Crippen LogP contribution in [0, 0.1) is 10.1 Å². The maximum atomic E-state index is 11.4. The van der Waals surface area contributed by atoms with E-state index in [1.54, 1.807) is 6.92 Å². The third-order valence-electron chi connectivity index (χ3n) is 1.96. The molecule has 0 aromatic carbocycles. The molecule has 0 bridgehead atoms. The molecular weight excluding hydrogens is 336 g/mol. The summed E-state index contributed by atoms with van der Waals surface area (Å²) in [6, 6.07) is 1.35. The molecule has 1 aromatic rings. The first-order chi connectivity index (χ1) is 9.43. The number of carbonyl (C=O) groups is 2. The van der Waals surface area contributed by atoms with Gasteiger partial charge in [0.1, 0.15) is 21.7 Å². The van der Waals surface area contributed by atoms with Crippen LogP contribution in [0.1, 0.15) is 12.7 Å². The molecule has 1 N–H and O–H groups in total. The lowest BCUT2D eigenvalue weighted by molar-refractivity contribution is -0.403. The predicted octanol–water partition coefficient (Wildman–Crippen LogP) is 1.64. The Morgan fingerprint density at radius 3 is 2.85 bits per heavy atom. The predicted molar refractivity (Wildman–Crippen MR) is 71.7 cm³/mol. The SMILES string of the molecule is CCOC(=O)CNC(=O)C=Cc1cc(Br)c([N+](=O)[O-])o1. The van der Waals surface area contributed by atoms with E-state index in [2.05, 4.69) is 26.0 Å². The highest BCUT2D eigenvalue weighted by molar-refractivity contribution is 9.10. The summed E-state index contributed by atoms with van der Waals surface area (Å²) >= 11 is 2.96. The zero-order valence-corrected chi connectivity index (χ0v) is 12.0. The number of rotatable bonds is 6. The molecule has 8 nitrogen and oxygen atoms in total. The van der Waals surface area contributed by atoms with Crippen LogP contribution in [0.5, 0.6) is 0 Å². The fourth-order valence-corrected chi connectivity index (χ4v) is 1.62. The first-order valence-corrected chi connectivity index (χ1v) is 6.28. The van der Waals surface area contributed by atoms with Gasteiger partial charge in [-0.05, 0) is 28.9 Å². The maximum absolute atomic E-state index is 11.4. The monoisotopic (exact) mass is 346 g/mol. The summed E-state index contributed by atoms with van der Waals surface area (Å²) in [5.74, 6) is -1.41. The first kappa shape index (κ1) is 15.9.